The summed E-state index contributed by atoms with van der Waals surface area (Å²) < 4.78 is 51.8. The molecule has 0 spiro atoms. The van der Waals surface area contributed by atoms with Gasteiger partial charge in [-0.15, -0.1) is 0 Å². The molecule has 176 valence electrons. The van der Waals surface area contributed by atoms with E-state index < -0.39 is 29.8 Å². The highest BCUT2D eigenvalue weighted by molar-refractivity contribution is 6.30. The molecule has 1 fully saturated rings. The molecule has 1 aromatic heterocycles. The number of nitrogens with zero attached hydrogens (tertiary/aromatic N) is 2. The Hall–Kier alpha value is -2.66. The number of aromatic amines is 2. The number of rotatable bonds is 6. The Bertz CT molecular complexity index is 1140. The normalized spacial score (nSPS) is 20.6. The first-order chi connectivity index (χ1) is 15.7. The van der Waals surface area contributed by atoms with Crippen molar-refractivity contribution < 1.29 is 22.6 Å². The minimum Gasteiger partial charge on any atom is -0.349 e. The third kappa shape index (κ3) is 5.64. The molecule has 0 aliphatic carbocycles. The molecule has 1 aliphatic heterocycles. The van der Waals surface area contributed by atoms with Gasteiger partial charge in [0.15, 0.2) is 6.29 Å². The SMILES string of the molecule is CC(OC1OCCN(Cc2n[nH]c(=O)[nH]2)C1c1ccccc1)c1cc(Cl)cc(C(F)(F)F)c1. The third-order valence-corrected chi connectivity index (χ3v) is 5.63. The molecule has 0 amide bonds. The van der Waals surface area contributed by atoms with Gasteiger partial charge in [0.2, 0.25) is 0 Å². The Labute approximate surface area is 192 Å². The molecule has 4 rings (SSSR count). The molecule has 0 radical (unpaired) electrons. The van der Waals surface area contributed by atoms with Crippen molar-refractivity contribution >= 4 is 11.6 Å². The summed E-state index contributed by atoms with van der Waals surface area (Å²) in [6.45, 7) is 2.85. The molecule has 3 unspecified atom stereocenters. The highest BCUT2D eigenvalue weighted by Crippen LogP contribution is 2.37. The Kier molecular flexibility index (Phi) is 6.89. The van der Waals surface area contributed by atoms with Gasteiger partial charge in [0.25, 0.3) is 0 Å². The second kappa shape index (κ2) is 9.68. The fraction of sp³-hybridized carbons (Fsp3) is 0.364. The van der Waals surface area contributed by atoms with Crippen LogP contribution < -0.4 is 5.69 Å². The quantitative estimate of drug-likeness (QED) is 0.542. The van der Waals surface area contributed by atoms with Crippen molar-refractivity contribution in [1.29, 1.82) is 0 Å². The maximum atomic E-state index is 13.2. The Morgan fingerprint density at radius 3 is 2.70 bits per heavy atom. The number of nitrogens with one attached hydrogen (secondary N) is 2. The molecule has 3 atom stereocenters. The maximum Gasteiger partial charge on any atom is 0.416 e. The number of morpholine rings is 1. The van der Waals surface area contributed by atoms with Crippen LogP contribution in [0.15, 0.2) is 53.3 Å². The minimum atomic E-state index is -4.52. The lowest BCUT2D eigenvalue weighted by Crippen LogP contribution is -2.46. The number of aromatic nitrogens is 3. The highest BCUT2D eigenvalue weighted by Gasteiger charge is 2.37. The average molecular weight is 483 g/mol. The smallest absolute Gasteiger partial charge is 0.349 e. The lowest BCUT2D eigenvalue weighted by molar-refractivity contribution is -0.231. The van der Waals surface area contributed by atoms with Crippen LogP contribution in [0.2, 0.25) is 5.02 Å². The molecule has 0 bridgehead atoms. The number of alkyl halides is 3. The van der Waals surface area contributed by atoms with Crippen LogP contribution in [0, 0.1) is 0 Å². The summed E-state index contributed by atoms with van der Waals surface area (Å²) >= 11 is 5.95. The average Bonchev–Trinajstić information content (AvgIpc) is 3.18. The lowest BCUT2D eigenvalue weighted by atomic mass is 10.0. The second-order valence-corrected chi connectivity index (χ2v) is 8.18. The highest BCUT2D eigenvalue weighted by atomic mass is 35.5. The Morgan fingerprint density at radius 1 is 1.27 bits per heavy atom. The van der Waals surface area contributed by atoms with Gasteiger partial charge in [0.1, 0.15) is 5.82 Å². The lowest BCUT2D eigenvalue weighted by Gasteiger charge is -2.41. The number of hydrogen-bond donors (Lipinski definition) is 2. The molecule has 33 heavy (non-hydrogen) atoms. The van der Waals surface area contributed by atoms with Crippen LogP contribution in [-0.2, 0) is 22.2 Å². The zero-order valence-electron chi connectivity index (χ0n) is 17.6. The summed E-state index contributed by atoms with van der Waals surface area (Å²) in [5.74, 6) is 0.458. The summed E-state index contributed by atoms with van der Waals surface area (Å²) in [4.78, 5) is 16.1. The van der Waals surface area contributed by atoms with E-state index >= 15 is 0 Å². The summed E-state index contributed by atoms with van der Waals surface area (Å²) in [5, 5.41) is 6.30. The molecule has 7 nitrogen and oxygen atoms in total. The van der Waals surface area contributed by atoms with E-state index in [1.807, 2.05) is 35.2 Å². The second-order valence-electron chi connectivity index (χ2n) is 7.74. The van der Waals surface area contributed by atoms with Crippen LogP contribution in [0.5, 0.6) is 0 Å². The van der Waals surface area contributed by atoms with Crippen molar-refractivity contribution in [3.05, 3.63) is 86.6 Å². The van der Waals surface area contributed by atoms with Crippen LogP contribution in [0.4, 0.5) is 13.2 Å². The van der Waals surface area contributed by atoms with Crippen molar-refractivity contribution in [2.24, 2.45) is 0 Å². The van der Waals surface area contributed by atoms with Crippen molar-refractivity contribution in [1.82, 2.24) is 20.1 Å². The van der Waals surface area contributed by atoms with E-state index in [9.17, 15) is 18.0 Å². The monoisotopic (exact) mass is 482 g/mol. The molecule has 1 aliphatic rings. The van der Waals surface area contributed by atoms with Gasteiger partial charge in [-0.05, 0) is 36.2 Å². The number of benzene rings is 2. The van der Waals surface area contributed by atoms with Gasteiger partial charge in [-0.2, -0.15) is 18.3 Å². The molecule has 2 heterocycles. The van der Waals surface area contributed by atoms with Gasteiger partial charge in [0.05, 0.1) is 30.9 Å². The summed E-state index contributed by atoms with van der Waals surface area (Å²) in [5.41, 5.74) is -0.0561. The Balaban J connectivity index is 1.61. The van der Waals surface area contributed by atoms with Crippen LogP contribution in [-0.4, -0.2) is 39.5 Å². The predicted octanol–water partition coefficient (Wildman–Crippen LogP) is 4.45. The third-order valence-electron chi connectivity index (χ3n) is 5.41. The van der Waals surface area contributed by atoms with E-state index in [-0.39, 0.29) is 11.1 Å². The summed E-state index contributed by atoms with van der Waals surface area (Å²) in [6.07, 6.45) is -6.04. The zero-order valence-corrected chi connectivity index (χ0v) is 18.4. The summed E-state index contributed by atoms with van der Waals surface area (Å²) in [7, 11) is 0. The van der Waals surface area contributed by atoms with Gasteiger partial charge in [-0.25, -0.2) is 9.89 Å². The van der Waals surface area contributed by atoms with Crippen LogP contribution in [0.25, 0.3) is 0 Å². The zero-order chi connectivity index (χ0) is 23.6. The van der Waals surface area contributed by atoms with E-state index in [0.29, 0.717) is 31.1 Å². The largest absolute Gasteiger partial charge is 0.416 e. The van der Waals surface area contributed by atoms with Gasteiger partial charge in [-0.1, -0.05) is 41.9 Å². The van der Waals surface area contributed by atoms with E-state index in [2.05, 4.69) is 15.2 Å². The van der Waals surface area contributed by atoms with Crippen molar-refractivity contribution in [2.45, 2.75) is 38.1 Å². The molecule has 1 saturated heterocycles. The summed E-state index contributed by atoms with van der Waals surface area (Å²) in [6, 6.07) is 12.5. The fourth-order valence-corrected chi connectivity index (χ4v) is 4.10. The predicted molar refractivity (Wildman–Crippen MR) is 114 cm³/mol. The number of H-pyrrole nitrogens is 2. The van der Waals surface area contributed by atoms with Crippen molar-refractivity contribution in [3.63, 3.8) is 0 Å². The molecule has 3 aromatic rings. The van der Waals surface area contributed by atoms with E-state index in [1.165, 1.54) is 6.07 Å². The van der Waals surface area contributed by atoms with E-state index in [0.717, 1.165) is 17.7 Å². The number of halogens is 4. The van der Waals surface area contributed by atoms with Gasteiger partial charge in [0, 0.05) is 11.6 Å². The Morgan fingerprint density at radius 2 is 2.03 bits per heavy atom. The standard InChI is InChI=1S/C22H22ClF3N4O3/c1-13(15-9-16(22(24,25)26)11-17(23)10-15)33-20-19(14-5-3-2-4-6-14)30(7-8-32-20)12-18-27-21(31)29-28-18/h2-6,9-11,13,19-20H,7-8,12H2,1H3,(H2,27,28,29,31). The van der Waals surface area contributed by atoms with E-state index in [4.69, 9.17) is 21.1 Å². The topological polar surface area (TPSA) is 83.2 Å². The molecular formula is C22H22ClF3N4O3. The van der Waals surface area contributed by atoms with Gasteiger partial charge in [-0.3, -0.25) is 9.88 Å². The number of ether oxygens (including phenoxy) is 2. The molecule has 2 N–H and O–H groups in total. The van der Waals surface area contributed by atoms with Crippen molar-refractivity contribution in [3.8, 4) is 0 Å². The first-order valence-corrected chi connectivity index (χ1v) is 10.7. The maximum absolute atomic E-state index is 13.2. The van der Waals surface area contributed by atoms with Crippen LogP contribution >= 0.6 is 11.6 Å². The van der Waals surface area contributed by atoms with Crippen molar-refractivity contribution in [2.75, 3.05) is 13.2 Å². The van der Waals surface area contributed by atoms with Gasteiger partial charge >= 0.3 is 11.9 Å². The van der Waals surface area contributed by atoms with Crippen LogP contribution in [0.1, 0.15) is 41.6 Å². The molecular weight excluding hydrogens is 461 g/mol. The van der Waals surface area contributed by atoms with Crippen LogP contribution in [0.3, 0.4) is 0 Å². The minimum absolute atomic E-state index is 0.0245. The first kappa shape index (κ1) is 23.5. The number of hydrogen-bond acceptors (Lipinski definition) is 5. The molecule has 2 aromatic carbocycles. The fourth-order valence-electron chi connectivity index (χ4n) is 3.86. The first-order valence-electron chi connectivity index (χ1n) is 10.3. The van der Waals surface area contributed by atoms with E-state index in [1.54, 1.807) is 6.92 Å². The molecule has 0 saturated carbocycles. The van der Waals surface area contributed by atoms with Gasteiger partial charge < -0.3 is 9.47 Å². The molecule has 11 heteroatoms.